The third-order valence-electron chi connectivity index (χ3n) is 3.11. The van der Waals surface area contributed by atoms with Gasteiger partial charge >= 0.3 is 0 Å². The van der Waals surface area contributed by atoms with E-state index >= 15 is 0 Å². The molecule has 1 amide bonds. The number of hydrogen-bond acceptors (Lipinski definition) is 4. The van der Waals surface area contributed by atoms with Crippen LogP contribution in [-0.2, 0) is 13.8 Å². The summed E-state index contributed by atoms with van der Waals surface area (Å²) in [5.41, 5.74) is 0.941. The van der Waals surface area contributed by atoms with Crippen LogP contribution in [-0.4, -0.2) is 33.6 Å². The summed E-state index contributed by atoms with van der Waals surface area (Å²) in [5.74, 6) is -0.328. The lowest BCUT2D eigenvalue weighted by Crippen LogP contribution is -2.31. The van der Waals surface area contributed by atoms with Crippen LogP contribution in [0.15, 0.2) is 23.1 Å². The van der Waals surface area contributed by atoms with E-state index in [2.05, 4.69) is 5.32 Å². The number of ether oxygens (including phenoxy) is 1. The molecule has 1 aliphatic heterocycles. The molecule has 0 saturated carbocycles. The summed E-state index contributed by atoms with van der Waals surface area (Å²) in [5, 5.41) is 2.74. The summed E-state index contributed by atoms with van der Waals surface area (Å²) in [6.45, 7) is 2.86. The maximum Gasteiger partial charge on any atom is 0.261 e. The van der Waals surface area contributed by atoms with Crippen molar-refractivity contribution in [3.05, 3.63) is 29.3 Å². The Morgan fingerprint density at radius 3 is 2.80 bits per heavy atom. The van der Waals surface area contributed by atoms with Gasteiger partial charge in [-0.3, -0.25) is 4.79 Å². The second-order valence-corrected chi connectivity index (χ2v) is 7.38. The van der Waals surface area contributed by atoms with E-state index in [-0.39, 0.29) is 22.5 Å². The third kappa shape index (κ3) is 3.94. The number of carbonyl (C=O) groups excluding carboxylic acids is 1. The normalized spacial score (nSPS) is 19.0. The smallest absolute Gasteiger partial charge is 0.261 e. The van der Waals surface area contributed by atoms with E-state index in [4.69, 9.17) is 15.4 Å². The SMILES string of the molecule is Cc1cc(C(=O)NCC2CCCO2)cc(S(=O)(=O)Cl)c1. The van der Waals surface area contributed by atoms with E-state index < -0.39 is 9.05 Å². The van der Waals surface area contributed by atoms with Gasteiger partial charge in [0, 0.05) is 29.4 Å². The van der Waals surface area contributed by atoms with Gasteiger partial charge in [0.2, 0.25) is 0 Å². The average Bonchev–Trinajstić information content (AvgIpc) is 2.87. The molecule has 1 atom stereocenters. The van der Waals surface area contributed by atoms with Crippen LogP contribution < -0.4 is 5.32 Å². The summed E-state index contributed by atoms with van der Waals surface area (Å²) in [6.07, 6.45) is 1.97. The first kappa shape index (κ1) is 15.3. The van der Waals surface area contributed by atoms with E-state index in [9.17, 15) is 13.2 Å². The van der Waals surface area contributed by atoms with Crippen LogP contribution in [0.2, 0.25) is 0 Å². The molecule has 1 aromatic carbocycles. The highest BCUT2D eigenvalue weighted by atomic mass is 35.7. The molecule has 2 rings (SSSR count). The predicted molar refractivity (Wildman–Crippen MR) is 75.5 cm³/mol. The van der Waals surface area contributed by atoms with E-state index in [1.165, 1.54) is 12.1 Å². The Bertz CT molecular complexity index is 609. The second-order valence-electron chi connectivity index (χ2n) is 4.82. The highest BCUT2D eigenvalue weighted by Gasteiger charge is 2.18. The molecule has 1 aromatic rings. The van der Waals surface area contributed by atoms with Crippen LogP contribution in [0.5, 0.6) is 0 Å². The Morgan fingerprint density at radius 1 is 1.45 bits per heavy atom. The molecular formula is C13H16ClNO4S. The van der Waals surface area contributed by atoms with Crippen molar-refractivity contribution in [1.29, 1.82) is 0 Å². The lowest BCUT2D eigenvalue weighted by Gasteiger charge is -2.11. The number of benzene rings is 1. The maximum absolute atomic E-state index is 12.0. The van der Waals surface area contributed by atoms with Gasteiger partial charge in [0.15, 0.2) is 0 Å². The number of rotatable bonds is 4. The fourth-order valence-electron chi connectivity index (χ4n) is 2.13. The maximum atomic E-state index is 12.0. The van der Waals surface area contributed by atoms with Crippen LogP contribution in [0.3, 0.4) is 0 Å². The van der Waals surface area contributed by atoms with Gasteiger partial charge < -0.3 is 10.1 Å². The predicted octanol–water partition coefficient (Wildman–Crippen LogP) is 1.83. The number of amides is 1. The fraction of sp³-hybridized carbons (Fsp3) is 0.462. The largest absolute Gasteiger partial charge is 0.376 e. The molecule has 5 nitrogen and oxygen atoms in total. The molecule has 0 aliphatic carbocycles. The Labute approximate surface area is 122 Å². The number of aryl methyl sites for hydroxylation is 1. The molecule has 0 bridgehead atoms. The van der Waals surface area contributed by atoms with Gasteiger partial charge in [-0.2, -0.15) is 0 Å². The molecule has 1 aliphatic rings. The van der Waals surface area contributed by atoms with Gasteiger partial charge in [-0.1, -0.05) is 0 Å². The Balaban J connectivity index is 2.11. The van der Waals surface area contributed by atoms with Crippen LogP contribution >= 0.6 is 10.7 Å². The van der Waals surface area contributed by atoms with Crippen molar-refractivity contribution < 1.29 is 17.9 Å². The van der Waals surface area contributed by atoms with Crippen molar-refractivity contribution in [2.24, 2.45) is 0 Å². The van der Waals surface area contributed by atoms with E-state index in [1.54, 1.807) is 13.0 Å². The van der Waals surface area contributed by atoms with Gasteiger partial charge in [-0.05, 0) is 43.5 Å². The van der Waals surface area contributed by atoms with E-state index in [1.807, 2.05) is 0 Å². The summed E-state index contributed by atoms with van der Waals surface area (Å²) in [4.78, 5) is 12.0. The van der Waals surface area contributed by atoms with E-state index in [0.717, 1.165) is 19.4 Å². The van der Waals surface area contributed by atoms with Crippen molar-refractivity contribution >= 4 is 25.6 Å². The molecule has 20 heavy (non-hydrogen) atoms. The van der Waals surface area contributed by atoms with Crippen molar-refractivity contribution in [3.63, 3.8) is 0 Å². The minimum atomic E-state index is -3.84. The summed E-state index contributed by atoms with van der Waals surface area (Å²) in [7, 11) is 1.46. The minimum absolute atomic E-state index is 0.0417. The Morgan fingerprint density at radius 2 is 2.20 bits per heavy atom. The van der Waals surface area contributed by atoms with Gasteiger partial charge in [0.1, 0.15) is 0 Å². The molecule has 1 fully saturated rings. The summed E-state index contributed by atoms with van der Waals surface area (Å²) < 4.78 is 28.1. The first-order valence-corrected chi connectivity index (χ1v) is 8.63. The monoisotopic (exact) mass is 317 g/mol. The molecular weight excluding hydrogens is 302 g/mol. The molecule has 1 N–H and O–H groups in total. The molecule has 1 unspecified atom stereocenters. The molecule has 110 valence electrons. The van der Waals surface area contributed by atoms with Gasteiger partial charge in [-0.15, -0.1) is 0 Å². The lowest BCUT2D eigenvalue weighted by atomic mass is 10.1. The van der Waals surface area contributed by atoms with Crippen molar-refractivity contribution in [3.8, 4) is 0 Å². The summed E-state index contributed by atoms with van der Waals surface area (Å²) in [6, 6.07) is 4.33. The zero-order valence-corrected chi connectivity index (χ0v) is 12.6. The standard InChI is InChI=1S/C13H16ClNO4S/c1-9-5-10(7-12(6-9)20(14,17)18)13(16)15-8-11-3-2-4-19-11/h5-7,11H,2-4,8H2,1H3,(H,15,16). The minimum Gasteiger partial charge on any atom is -0.376 e. The second kappa shape index (κ2) is 6.11. The number of hydrogen-bond donors (Lipinski definition) is 1. The highest BCUT2D eigenvalue weighted by molar-refractivity contribution is 8.13. The van der Waals surface area contributed by atoms with Gasteiger partial charge in [-0.25, -0.2) is 8.42 Å². The fourth-order valence-corrected chi connectivity index (χ4v) is 3.00. The van der Waals surface area contributed by atoms with Gasteiger partial charge in [0.25, 0.3) is 15.0 Å². The number of halogens is 1. The highest BCUT2D eigenvalue weighted by Crippen LogP contribution is 2.19. The molecule has 1 heterocycles. The summed E-state index contributed by atoms with van der Waals surface area (Å²) >= 11 is 0. The lowest BCUT2D eigenvalue weighted by molar-refractivity contribution is 0.0857. The van der Waals surface area contributed by atoms with E-state index in [0.29, 0.717) is 12.1 Å². The van der Waals surface area contributed by atoms with Crippen LogP contribution in [0, 0.1) is 6.92 Å². The van der Waals surface area contributed by atoms with Crippen molar-refractivity contribution in [1.82, 2.24) is 5.32 Å². The van der Waals surface area contributed by atoms with Gasteiger partial charge in [0.05, 0.1) is 11.0 Å². The van der Waals surface area contributed by atoms with Crippen LogP contribution in [0.25, 0.3) is 0 Å². The topological polar surface area (TPSA) is 72.5 Å². The average molecular weight is 318 g/mol. The molecule has 1 saturated heterocycles. The van der Waals surface area contributed by atoms with Crippen molar-refractivity contribution in [2.45, 2.75) is 30.8 Å². The van der Waals surface area contributed by atoms with Crippen LogP contribution in [0.4, 0.5) is 0 Å². The zero-order valence-electron chi connectivity index (χ0n) is 11.1. The number of nitrogens with one attached hydrogen (secondary N) is 1. The quantitative estimate of drug-likeness (QED) is 0.860. The molecule has 0 spiro atoms. The Kier molecular flexibility index (Phi) is 4.67. The molecule has 7 heteroatoms. The Hall–Kier alpha value is -1.11. The first-order valence-electron chi connectivity index (χ1n) is 6.32. The van der Waals surface area contributed by atoms with Crippen LogP contribution in [0.1, 0.15) is 28.8 Å². The first-order chi connectivity index (χ1) is 9.36. The molecule has 0 radical (unpaired) electrons. The third-order valence-corrected chi connectivity index (χ3v) is 4.44. The van der Waals surface area contributed by atoms with Crippen molar-refractivity contribution in [2.75, 3.05) is 13.2 Å². The number of carbonyl (C=O) groups is 1. The molecule has 0 aromatic heterocycles. The zero-order chi connectivity index (χ0) is 14.8.